The molecule has 0 atom stereocenters. The summed E-state index contributed by atoms with van der Waals surface area (Å²) in [6, 6.07) is 64.8. The minimum atomic E-state index is 0. The van der Waals surface area contributed by atoms with Crippen molar-refractivity contribution >= 4 is 27.5 Å². The van der Waals surface area contributed by atoms with E-state index in [0.29, 0.717) is 0 Å². The van der Waals surface area contributed by atoms with Gasteiger partial charge in [-0.25, -0.2) is 4.98 Å². The topological polar surface area (TPSA) is 65.8 Å². The Balaban J connectivity index is 0.00000481. The van der Waals surface area contributed by atoms with Gasteiger partial charge in [0.15, 0.2) is 0 Å². The maximum Gasteiger partial charge on any atom is 3.00 e. The van der Waals surface area contributed by atoms with Crippen molar-refractivity contribution in [1.82, 2.24) is 33.5 Å². The summed E-state index contributed by atoms with van der Waals surface area (Å²) in [5.41, 5.74) is 17.9. The van der Waals surface area contributed by atoms with Gasteiger partial charge < -0.3 is 18.5 Å². The van der Waals surface area contributed by atoms with Crippen molar-refractivity contribution < 1.29 is 20.1 Å². The first-order valence-corrected chi connectivity index (χ1v) is 21.5. The fourth-order valence-corrected chi connectivity index (χ4v) is 9.27. The van der Waals surface area contributed by atoms with Gasteiger partial charge in [-0.2, -0.15) is 0 Å². The van der Waals surface area contributed by atoms with Crippen molar-refractivity contribution in [2.45, 2.75) is 0 Å². The Morgan fingerprint density at radius 3 is 1.35 bits per heavy atom. The minimum Gasteiger partial charge on any atom is -0.373 e. The summed E-state index contributed by atoms with van der Waals surface area (Å²) in [5, 5.41) is 1.95. The van der Waals surface area contributed by atoms with Crippen LogP contribution < -0.4 is 0 Å². The van der Waals surface area contributed by atoms with Gasteiger partial charge in [0, 0.05) is 68.5 Å². The third-order valence-corrected chi connectivity index (χ3v) is 12.4. The quantitative estimate of drug-likeness (QED) is 0.112. The fraction of sp³-hybridized carbons (Fsp3) is 0.0345. The van der Waals surface area contributed by atoms with Gasteiger partial charge >= 0.3 is 20.1 Å². The molecule has 5 heterocycles. The molecule has 66 heavy (non-hydrogen) atoms. The van der Waals surface area contributed by atoms with Crippen LogP contribution >= 0.6 is 0 Å². The van der Waals surface area contributed by atoms with Crippen molar-refractivity contribution in [2.24, 2.45) is 14.1 Å². The summed E-state index contributed by atoms with van der Waals surface area (Å²) in [5.74, 6) is 1.76. The van der Waals surface area contributed by atoms with Gasteiger partial charge in [0.05, 0.1) is 11.6 Å². The van der Waals surface area contributed by atoms with Crippen LogP contribution in [0.1, 0.15) is 0 Å². The van der Waals surface area contributed by atoms with E-state index in [0.717, 1.165) is 117 Å². The summed E-state index contributed by atoms with van der Waals surface area (Å²) in [6.45, 7) is 0. The minimum absolute atomic E-state index is 0. The Hall–Kier alpha value is -8.03. The molecule has 0 aliphatic heterocycles. The zero-order chi connectivity index (χ0) is 43.4. The molecule has 0 radical (unpaired) electrons. The van der Waals surface area contributed by atoms with Crippen LogP contribution in [0.5, 0.6) is 0 Å². The Morgan fingerprint density at radius 1 is 0.409 bits per heavy atom. The van der Waals surface area contributed by atoms with E-state index in [1.807, 2.05) is 72.7 Å². The molecule has 12 rings (SSSR count). The number of fused-ring (bicyclic) bond motifs is 6. The van der Waals surface area contributed by atoms with Crippen LogP contribution in [0.3, 0.4) is 0 Å². The van der Waals surface area contributed by atoms with Crippen LogP contribution in [0.25, 0.3) is 117 Å². The van der Waals surface area contributed by atoms with Crippen LogP contribution in [-0.2, 0) is 34.2 Å². The molecule has 8 heteroatoms. The molecular weight excluding hydrogens is 987 g/mol. The first-order chi connectivity index (χ1) is 32.1. The summed E-state index contributed by atoms with van der Waals surface area (Å²) in [4.78, 5) is 18.7. The predicted octanol–water partition coefficient (Wildman–Crippen LogP) is 13.2. The average Bonchev–Trinajstić information content (AvgIpc) is 4.16. The van der Waals surface area contributed by atoms with E-state index in [4.69, 9.17) is 9.97 Å². The Labute approximate surface area is 395 Å². The zero-order valence-corrected chi connectivity index (χ0v) is 38.3. The number of pyridine rings is 2. The molecule has 0 spiro atoms. The van der Waals surface area contributed by atoms with Crippen LogP contribution in [0, 0.1) is 18.2 Å². The number of hydrogen-bond acceptors (Lipinski definition) is 4. The fourth-order valence-electron chi connectivity index (χ4n) is 9.27. The van der Waals surface area contributed by atoms with E-state index in [9.17, 15) is 0 Å². The van der Waals surface area contributed by atoms with E-state index in [1.54, 1.807) is 0 Å². The first kappa shape index (κ1) is 40.7. The Bertz CT molecular complexity index is 3600. The molecule has 5 aromatic heterocycles. The molecule has 0 N–H and O–H groups in total. The van der Waals surface area contributed by atoms with Gasteiger partial charge in [0.2, 0.25) is 0 Å². The zero-order valence-electron chi connectivity index (χ0n) is 35.9. The molecule has 0 unspecified atom stereocenters. The number of imidazole rings is 3. The van der Waals surface area contributed by atoms with Crippen LogP contribution in [0.2, 0.25) is 0 Å². The van der Waals surface area contributed by atoms with Crippen molar-refractivity contribution in [3.8, 4) is 89.5 Å². The molecular formula is C58H38IrN7. The largest absolute Gasteiger partial charge is 3.00 e. The Kier molecular flexibility index (Phi) is 10.4. The standard InChI is InChI=1S/C58H38N7.Ir/c1-63-31-28-60-56(63)40-21-17-38(18-22-40)46-10-3-6-13-49(46)43-34-44(50-14-7-4-11-47(50)39-19-23-41(24-20-39)57-61-29-32-64(57)2)36-45(35-43)51-15-8-5-12-48(51)42-25-26-52-53(37-42)58-62-30-33-65(58)54-16-9-27-59-55(52)54;/h3-21,23,25,27-37H,1-2H3;/q-3;+3. The number of aryl methyl sites for hydroxylation is 2. The number of nitrogens with zero attached hydrogens (tertiary/aromatic N) is 7. The van der Waals surface area contributed by atoms with E-state index in [1.165, 1.54) is 0 Å². The second kappa shape index (κ2) is 16.8. The molecule has 7 nitrogen and oxygen atoms in total. The van der Waals surface area contributed by atoms with Gasteiger partial charge in [-0.1, -0.05) is 112 Å². The average molecular weight is 1030 g/mol. The second-order valence-corrected chi connectivity index (χ2v) is 16.3. The van der Waals surface area contributed by atoms with Gasteiger partial charge in [-0.05, 0) is 63.7 Å². The number of benzene rings is 7. The summed E-state index contributed by atoms with van der Waals surface area (Å²) >= 11 is 0. The molecule has 0 bridgehead atoms. The van der Waals surface area contributed by atoms with Crippen molar-refractivity contribution in [3.63, 3.8) is 0 Å². The van der Waals surface area contributed by atoms with Crippen molar-refractivity contribution in [3.05, 3.63) is 213 Å². The molecule has 0 aliphatic rings. The number of rotatable bonds is 8. The van der Waals surface area contributed by atoms with Gasteiger partial charge in [0.25, 0.3) is 0 Å². The summed E-state index contributed by atoms with van der Waals surface area (Å²) in [7, 11) is 4.01. The normalized spacial score (nSPS) is 11.4. The SMILES string of the molecule is Cn1ccnc1-c1[c-]cc(-c2ccccc2-c2cc(-c3ccccc3-c3c[c-]c(-c4nccn4C)cc3)cc(-c3ccccc3-c3c[c-]c4c(c3)c3nccn3c3cccnc43)c2)cc1.[Ir+3]. The first-order valence-electron chi connectivity index (χ1n) is 21.5. The van der Waals surface area contributed by atoms with E-state index in [-0.39, 0.29) is 20.1 Å². The smallest absolute Gasteiger partial charge is 0.373 e. The molecule has 12 aromatic rings. The van der Waals surface area contributed by atoms with Crippen molar-refractivity contribution in [2.75, 3.05) is 0 Å². The maximum atomic E-state index is 4.81. The molecule has 7 aromatic carbocycles. The van der Waals surface area contributed by atoms with E-state index < -0.39 is 0 Å². The van der Waals surface area contributed by atoms with E-state index in [2.05, 4.69) is 178 Å². The third-order valence-electron chi connectivity index (χ3n) is 12.4. The molecule has 0 aliphatic carbocycles. The van der Waals surface area contributed by atoms with Crippen molar-refractivity contribution in [1.29, 1.82) is 0 Å². The Morgan fingerprint density at radius 2 is 0.879 bits per heavy atom. The maximum absolute atomic E-state index is 4.81. The summed E-state index contributed by atoms with van der Waals surface area (Å²) < 4.78 is 6.15. The van der Waals surface area contributed by atoms with Gasteiger partial charge in [-0.3, -0.25) is 9.97 Å². The van der Waals surface area contributed by atoms with Gasteiger partial charge in [-0.15, -0.1) is 83.2 Å². The summed E-state index contributed by atoms with van der Waals surface area (Å²) in [6.07, 6.45) is 13.2. The molecule has 0 saturated carbocycles. The number of aromatic nitrogens is 7. The van der Waals surface area contributed by atoms with Crippen LogP contribution in [-0.4, -0.2) is 33.5 Å². The third kappa shape index (κ3) is 7.04. The monoisotopic (exact) mass is 1030 g/mol. The van der Waals surface area contributed by atoms with Crippen LogP contribution in [0.15, 0.2) is 195 Å². The number of hydrogen-bond donors (Lipinski definition) is 0. The molecule has 0 amide bonds. The van der Waals surface area contributed by atoms with E-state index >= 15 is 0 Å². The molecule has 0 saturated heterocycles. The van der Waals surface area contributed by atoms with Crippen LogP contribution in [0.4, 0.5) is 0 Å². The molecule has 0 fully saturated rings. The van der Waals surface area contributed by atoms with Gasteiger partial charge in [0.1, 0.15) is 5.65 Å². The second-order valence-electron chi connectivity index (χ2n) is 16.3. The molecule has 314 valence electrons. The predicted molar refractivity (Wildman–Crippen MR) is 262 cm³/mol.